The molecule has 0 heterocycles. The van der Waals surface area contributed by atoms with Crippen molar-refractivity contribution in [2.45, 2.75) is 5.33 Å². The lowest BCUT2D eigenvalue weighted by atomic mass is 10.2. The average Bonchev–Trinajstić information content (AvgIpc) is 2.76. The highest BCUT2D eigenvalue weighted by atomic mass is 79.9. The molecule has 0 spiro atoms. The summed E-state index contributed by atoms with van der Waals surface area (Å²) in [6.07, 6.45) is 0. The molecule has 0 atom stereocenters. The molecule has 4 heteroatoms. The highest BCUT2D eigenvalue weighted by Crippen LogP contribution is 2.32. The largest absolute Gasteiger partial charge is 0.207 e. The van der Waals surface area contributed by atoms with E-state index in [2.05, 4.69) is 107 Å². The molecule has 0 nitrogen and oxygen atoms in total. The van der Waals surface area contributed by atoms with Crippen LogP contribution in [0.5, 0.6) is 0 Å². The number of benzene rings is 4. The minimum absolute atomic E-state index is 0.446. The number of hydrogen-bond acceptors (Lipinski definition) is 0. The Kier molecular flexibility index (Phi) is 8.10. The van der Waals surface area contributed by atoms with Crippen molar-refractivity contribution in [1.82, 2.24) is 0 Å². The molecule has 0 radical (unpaired) electrons. The van der Waals surface area contributed by atoms with Crippen LogP contribution in [0.4, 0.5) is 8.78 Å². The molecular formula is C25H20BrF2P. The van der Waals surface area contributed by atoms with Crippen molar-refractivity contribution in [3.05, 3.63) is 126 Å². The maximum atomic E-state index is 12.4. The first-order valence-corrected chi connectivity index (χ1v) is 11.6. The molecule has 146 valence electrons. The summed E-state index contributed by atoms with van der Waals surface area (Å²) in [5.74, 6) is -1.07. The van der Waals surface area contributed by atoms with Crippen LogP contribution in [0.1, 0.15) is 5.56 Å². The molecule has 0 aliphatic carbocycles. The zero-order valence-corrected chi connectivity index (χ0v) is 18.2. The summed E-state index contributed by atoms with van der Waals surface area (Å²) < 4.78 is 24.7. The summed E-state index contributed by atoms with van der Waals surface area (Å²) in [5.41, 5.74) is 0.609. The van der Waals surface area contributed by atoms with Gasteiger partial charge in [-0.05, 0) is 41.5 Å². The molecule has 0 amide bonds. The molecule has 0 fully saturated rings. The zero-order valence-electron chi connectivity index (χ0n) is 15.7. The highest BCUT2D eigenvalue weighted by molar-refractivity contribution is 9.08. The van der Waals surface area contributed by atoms with Gasteiger partial charge in [0.05, 0.1) is 0 Å². The van der Waals surface area contributed by atoms with Crippen LogP contribution >= 0.6 is 23.9 Å². The first-order chi connectivity index (χ1) is 14.2. The van der Waals surface area contributed by atoms with Crippen LogP contribution < -0.4 is 15.9 Å². The lowest BCUT2D eigenvalue weighted by molar-refractivity contribution is 0.581. The lowest BCUT2D eigenvalue weighted by Crippen LogP contribution is -2.20. The number of rotatable bonds is 4. The van der Waals surface area contributed by atoms with Gasteiger partial charge in [0.25, 0.3) is 0 Å². The molecule has 0 aliphatic heterocycles. The van der Waals surface area contributed by atoms with Crippen LogP contribution in [-0.2, 0) is 5.33 Å². The second-order valence-corrected chi connectivity index (χ2v) is 9.03. The van der Waals surface area contributed by atoms with E-state index in [9.17, 15) is 8.78 Å². The summed E-state index contributed by atoms with van der Waals surface area (Å²) in [6, 6.07) is 35.8. The van der Waals surface area contributed by atoms with Crippen LogP contribution in [0.2, 0.25) is 0 Å². The van der Waals surface area contributed by atoms with E-state index in [-0.39, 0.29) is 0 Å². The molecule has 0 unspecified atom stereocenters. The molecular weight excluding hydrogens is 449 g/mol. The van der Waals surface area contributed by atoms with E-state index in [1.165, 1.54) is 28.0 Å². The van der Waals surface area contributed by atoms with Gasteiger partial charge in [0.15, 0.2) is 0 Å². The van der Waals surface area contributed by atoms with E-state index in [0.717, 1.165) is 6.07 Å². The van der Waals surface area contributed by atoms with Crippen molar-refractivity contribution in [3.63, 3.8) is 0 Å². The van der Waals surface area contributed by atoms with Gasteiger partial charge in [-0.3, -0.25) is 0 Å². The average molecular weight is 469 g/mol. The Morgan fingerprint density at radius 2 is 0.897 bits per heavy atom. The van der Waals surface area contributed by atoms with Crippen molar-refractivity contribution in [3.8, 4) is 0 Å². The standard InChI is InChI=1S/C18H15P.C7H5BrF2/c1-4-10-16(11-5-1)19(17-12-6-2-7-13-17)18-14-8-3-9-15-18;8-4-5-1-6(9)3-7(10)2-5/h1-15H;1-3H,4H2. The molecule has 29 heavy (non-hydrogen) atoms. The van der Waals surface area contributed by atoms with E-state index in [1.54, 1.807) is 0 Å². The predicted octanol–water partition coefficient (Wildman–Crippen LogP) is 6.30. The van der Waals surface area contributed by atoms with Gasteiger partial charge < -0.3 is 0 Å². The fraction of sp³-hybridized carbons (Fsp3) is 0.0400. The maximum absolute atomic E-state index is 12.4. The predicted molar refractivity (Wildman–Crippen MR) is 124 cm³/mol. The minimum Gasteiger partial charge on any atom is -0.207 e. The summed E-state index contributed by atoms with van der Waals surface area (Å²) in [5, 5.41) is 4.67. The smallest absolute Gasteiger partial charge is 0.126 e. The second kappa shape index (κ2) is 11.0. The van der Waals surface area contributed by atoms with Crippen molar-refractivity contribution >= 4 is 39.8 Å². The van der Waals surface area contributed by atoms with Crippen molar-refractivity contribution in [2.24, 2.45) is 0 Å². The Balaban J connectivity index is 0.000000204. The monoisotopic (exact) mass is 468 g/mol. The third-order valence-corrected chi connectivity index (χ3v) is 7.21. The third kappa shape index (κ3) is 6.32. The Hall–Kier alpha value is -2.35. The van der Waals surface area contributed by atoms with Gasteiger partial charge >= 0.3 is 0 Å². The fourth-order valence-corrected chi connectivity index (χ4v) is 5.50. The first kappa shape index (κ1) is 21.4. The van der Waals surface area contributed by atoms with Crippen LogP contribution in [-0.4, -0.2) is 0 Å². The van der Waals surface area contributed by atoms with Crippen LogP contribution in [0.15, 0.2) is 109 Å². The molecule has 4 rings (SSSR count). The van der Waals surface area contributed by atoms with Crippen LogP contribution in [0.25, 0.3) is 0 Å². The Labute approximate surface area is 180 Å². The van der Waals surface area contributed by atoms with Gasteiger partial charge in [0, 0.05) is 11.4 Å². The minimum atomic E-state index is -0.533. The van der Waals surface area contributed by atoms with Gasteiger partial charge in [-0.15, -0.1) is 0 Å². The zero-order chi connectivity index (χ0) is 20.5. The SMILES string of the molecule is Fc1cc(F)cc(CBr)c1.c1ccc(P(c2ccccc2)c2ccccc2)cc1. The molecule has 0 aliphatic rings. The number of halogens is 3. The summed E-state index contributed by atoms with van der Waals surface area (Å²) >= 11 is 3.09. The van der Waals surface area contributed by atoms with Gasteiger partial charge in [-0.2, -0.15) is 0 Å². The molecule has 0 saturated carbocycles. The molecule has 0 bridgehead atoms. The Morgan fingerprint density at radius 1 is 0.552 bits per heavy atom. The third-order valence-electron chi connectivity index (χ3n) is 4.12. The van der Waals surface area contributed by atoms with Crippen LogP contribution in [0.3, 0.4) is 0 Å². The second-order valence-electron chi connectivity index (χ2n) is 6.25. The molecule has 0 N–H and O–H groups in total. The molecule has 4 aromatic carbocycles. The van der Waals surface area contributed by atoms with E-state index < -0.39 is 19.6 Å². The Bertz CT molecular complexity index is 895. The van der Waals surface area contributed by atoms with Gasteiger partial charge in [-0.1, -0.05) is 107 Å². The number of alkyl halides is 1. The summed E-state index contributed by atoms with van der Waals surface area (Å²) in [6.45, 7) is 0. The quantitative estimate of drug-likeness (QED) is 0.243. The fourth-order valence-electron chi connectivity index (χ4n) is 2.87. The van der Waals surface area contributed by atoms with E-state index in [4.69, 9.17) is 0 Å². The maximum Gasteiger partial charge on any atom is 0.126 e. The topological polar surface area (TPSA) is 0 Å². The molecule has 0 aromatic heterocycles. The highest BCUT2D eigenvalue weighted by Gasteiger charge is 2.14. The van der Waals surface area contributed by atoms with Crippen molar-refractivity contribution in [2.75, 3.05) is 0 Å². The summed E-state index contributed by atoms with van der Waals surface area (Å²) in [4.78, 5) is 0. The molecule has 0 saturated heterocycles. The summed E-state index contributed by atoms with van der Waals surface area (Å²) in [7, 11) is -0.446. The lowest BCUT2D eigenvalue weighted by Gasteiger charge is -2.18. The number of hydrogen-bond donors (Lipinski definition) is 0. The van der Waals surface area contributed by atoms with Crippen LogP contribution in [0, 0.1) is 11.6 Å². The normalized spacial score (nSPS) is 10.3. The van der Waals surface area contributed by atoms with Gasteiger partial charge in [0.2, 0.25) is 0 Å². The van der Waals surface area contributed by atoms with E-state index in [0.29, 0.717) is 10.9 Å². The van der Waals surface area contributed by atoms with Gasteiger partial charge in [-0.25, -0.2) is 8.78 Å². The first-order valence-electron chi connectivity index (χ1n) is 9.13. The Morgan fingerprint density at radius 3 is 1.21 bits per heavy atom. The van der Waals surface area contributed by atoms with Crippen molar-refractivity contribution in [1.29, 1.82) is 0 Å². The van der Waals surface area contributed by atoms with E-state index in [1.807, 2.05) is 0 Å². The van der Waals surface area contributed by atoms with Crippen molar-refractivity contribution < 1.29 is 8.78 Å². The van der Waals surface area contributed by atoms with Gasteiger partial charge in [0.1, 0.15) is 11.6 Å². The van der Waals surface area contributed by atoms with E-state index >= 15 is 0 Å². The molecule has 4 aromatic rings.